The van der Waals surface area contributed by atoms with Crippen molar-refractivity contribution in [3.05, 3.63) is 12.7 Å². The SMILES string of the molecule is C=CCCS(=O)(=O)NC. The molecule has 0 aromatic rings. The number of sulfonamides is 1. The van der Waals surface area contributed by atoms with Crippen molar-refractivity contribution in [3.8, 4) is 0 Å². The lowest BCUT2D eigenvalue weighted by Crippen LogP contribution is -2.21. The fourth-order valence-corrected chi connectivity index (χ4v) is 1.02. The summed E-state index contributed by atoms with van der Waals surface area (Å²) >= 11 is 0. The molecule has 0 aromatic heterocycles. The first-order valence-corrected chi connectivity index (χ1v) is 4.29. The second-order valence-corrected chi connectivity index (χ2v) is 3.65. The highest BCUT2D eigenvalue weighted by Crippen LogP contribution is 1.87. The van der Waals surface area contributed by atoms with E-state index >= 15 is 0 Å². The van der Waals surface area contributed by atoms with E-state index in [2.05, 4.69) is 11.3 Å². The fourth-order valence-electron chi connectivity index (χ4n) is 0.341. The van der Waals surface area contributed by atoms with Gasteiger partial charge in [0.05, 0.1) is 5.75 Å². The molecule has 0 unspecified atom stereocenters. The van der Waals surface area contributed by atoms with Gasteiger partial charge < -0.3 is 0 Å². The summed E-state index contributed by atoms with van der Waals surface area (Å²) < 4.78 is 23.4. The monoisotopic (exact) mass is 149 g/mol. The van der Waals surface area contributed by atoms with Crippen LogP contribution in [0.25, 0.3) is 0 Å². The minimum atomic E-state index is -3.00. The predicted molar refractivity (Wildman–Crippen MR) is 37.7 cm³/mol. The Kier molecular flexibility index (Phi) is 3.49. The van der Waals surface area contributed by atoms with Gasteiger partial charge in [-0.25, -0.2) is 13.1 Å². The van der Waals surface area contributed by atoms with E-state index in [1.807, 2.05) is 0 Å². The van der Waals surface area contributed by atoms with E-state index < -0.39 is 10.0 Å². The summed E-state index contributed by atoms with van der Waals surface area (Å²) in [4.78, 5) is 0. The zero-order valence-electron chi connectivity index (χ0n) is 5.42. The molecule has 4 heteroatoms. The van der Waals surface area contributed by atoms with E-state index in [0.717, 1.165) is 0 Å². The summed E-state index contributed by atoms with van der Waals surface area (Å²) in [7, 11) is -1.60. The van der Waals surface area contributed by atoms with Gasteiger partial charge in [-0.3, -0.25) is 0 Å². The molecule has 0 fully saturated rings. The Bertz CT molecular complexity index is 171. The molecule has 1 N–H and O–H groups in total. The lowest BCUT2D eigenvalue weighted by molar-refractivity contribution is 0.588. The molecule has 0 aliphatic rings. The minimum Gasteiger partial charge on any atom is -0.218 e. The maximum absolute atomic E-state index is 10.6. The van der Waals surface area contributed by atoms with Crippen LogP contribution in [-0.4, -0.2) is 21.2 Å². The van der Waals surface area contributed by atoms with Gasteiger partial charge in [-0.15, -0.1) is 6.58 Å². The number of rotatable bonds is 4. The highest BCUT2D eigenvalue weighted by atomic mass is 32.2. The van der Waals surface area contributed by atoms with Crippen LogP contribution in [0.15, 0.2) is 12.7 Å². The highest BCUT2D eigenvalue weighted by Gasteiger charge is 2.02. The van der Waals surface area contributed by atoms with Gasteiger partial charge in [-0.2, -0.15) is 0 Å². The molecule has 0 rings (SSSR count). The lowest BCUT2D eigenvalue weighted by atomic mass is 10.5. The van der Waals surface area contributed by atoms with Crippen molar-refractivity contribution >= 4 is 10.0 Å². The molecule has 0 radical (unpaired) electrons. The fraction of sp³-hybridized carbons (Fsp3) is 0.600. The molecule has 3 nitrogen and oxygen atoms in total. The normalized spacial score (nSPS) is 11.2. The maximum Gasteiger partial charge on any atom is 0.211 e. The molecule has 0 spiro atoms. The van der Waals surface area contributed by atoms with Crippen molar-refractivity contribution in [3.63, 3.8) is 0 Å². The van der Waals surface area contributed by atoms with Gasteiger partial charge >= 0.3 is 0 Å². The largest absolute Gasteiger partial charge is 0.218 e. The Labute approximate surface area is 55.8 Å². The molecule has 0 amide bonds. The summed E-state index contributed by atoms with van der Waals surface area (Å²) in [6, 6.07) is 0. The smallest absolute Gasteiger partial charge is 0.211 e. The second kappa shape index (κ2) is 3.63. The van der Waals surface area contributed by atoms with Gasteiger partial charge in [-0.05, 0) is 13.5 Å². The van der Waals surface area contributed by atoms with Crippen molar-refractivity contribution in [2.24, 2.45) is 0 Å². The van der Waals surface area contributed by atoms with Gasteiger partial charge in [0.15, 0.2) is 0 Å². The van der Waals surface area contributed by atoms with Crippen molar-refractivity contribution in [1.82, 2.24) is 4.72 Å². The van der Waals surface area contributed by atoms with Crippen LogP contribution in [0.4, 0.5) is 0 Å². The van der Waals surface area contributed by atoms with Gasteiger partial charge in [0, 0.05) is 0 Å². The van der Waals surface area contributed by atoms with Crippen molar-refractivity contribution in [2.75, 3.05) is 12.8 Å². The third-order valence-corrected chi connectivity index (χ3v) is 2.30. The molecular weight excluding hydrogens is 138 g/mol. The molecular formula is C5H11NO2S. The summed E-state index contributed by atoms with van der Waals surface area (Å²) in [5, 5.41) is 0. The predicted octanol–water partition coefficient (Wildman–Crippen LogP) is 0.112. The molecule has 0 aromatic carbocycles. The van der Waals surface area contributed by atoms with Crippen LogP contribution in [0.2, 0.25) is 0 Å². The molecule has 0 saturated heterocycles. The molecule has 9 heavy (non-hydrogen) atoms. The maximum atomic E-state index is 10.6. The first-order valence-electron chi connectivity index (χ1n) is 2.64. The Morgan fingerprint density at radius 2 is 2.22 bits per heavy atom. The molecule has 0 saturated carbocycles. The van der Waals surface area contributed by atoms with E-state index in [1.54, 1.807) is 6.08 Å². The topological polar surface area (TPSA) is 46.2 Å². The van der Waals surface area contributed by atoms with Crippen molar-refractivity contribution < 1.29 is 8.42 Å². The van der Waals surface area contributed by atoms with Gasteiger partial charge in [0.25, 0.3) is 0 Å². The summed E-state index contributed by atoms with van der Waals surface area (Å²) in [6.07, 6.45) is 2.08. The molecule has 0 heterocycles. The third kappa shape index (κ3) is 4.17. The van der Waals surface area contributed by atoms with E-state index in [4.69, 9.17) is 0 Å². The van der Waals surface area contributed by atoms with E-state index in [-0.39, 0.29) is 5.75 Å². The van der Waals surface area contributed by atoms with Crippen LogP contribution < -0.4 is 4.72 Å². The van der Waals surface area contributed by atoms with Crippen LogP contribution in [0.3, 0.4) is 0 Å². The number of nitrogens with one attached hydrogen (secondary N) is 1. The Morgan fingerprint density at radius 1 is 1.67 bits per heavy atom. The van der Waals surface area contributed by atoms with Gasteiger partial charge in [-0.1, -0.05) is 6.08 Å². The van der Waals surface area contributed by atoms with E-state index in [0.29, 0.717) is 6.42 Å². The zero-order valence-corrected chi connectivity index (χ0v) is 6.24. The lowest BCUT2D eigenvalue weighted by Gasteiger charge is -1.96. The number of hydrogen-bond donors (Lipinski definition) is 1. The third-order valence-electron chi connectivity index (χ3n) is 0.902. The van der Waals surface area contributed by atoms with Crippen LogP contribution in [0.1, 0.15) is 6.42 Å². The molecule has 0 bridgehead atoms. The number of hydrogen-bond acceptors (Lipinski definition) is 2. The van der Waals surface area contributed by atoms with Crippen molar-refractivity contribution in [2.45, 2.75) is 6.42 Å². The van der Waals surface area contributed by atoms with E-state index in [9.17, 15) is 8.42 Å². The zero-order chi connectivity index (χ0) is 7.33. The standard InChI is InChI=1S/C5H11NO2S/c1-3-4-5-9(7,8)6-2/h3,6H,1,4-5H2,2H3. The molecule has 0 atom stereocenters. The van der Waals surface area contributed by atoms with Gasteiger partial charge in [0.2, 0.25) is 10.0 Å². The average molecular weight is 149 g/mol. The summed E-state index contributed by atoms with van der Waals surface area (Å²) in [6.45, 7) is 3.41. The van der Waals surface area contributed by atoms with Crippen LogP contribution in [0.5, 0.6) is 0 Å². The Balaban J connectivity index is 3.74. The van der Waals surface area contributed by atoms with Gasteiger partial charge in [0.1, 0.15) is 0 Å². The summed E-state index contributed by atoms with van der Waals surface area (Å²) in [5.74, 6) is 0.132. The first-order chi connectivity index (χ1) is 4.12. The van der Waals surface area contributed by atoms with Crippen LogP contribution >= 0.6 is 0 Å². The van der Waals surface area contributed by atoms with Crippen molar-refractivity contribution in [1.29, 1.82) is 0 Å². The molecule has 0 aliphatic heterocycles. The van der Waals surface area contributed by atoms with Crippen LogP contribution in [0, 0.1) is 0 Å². The van der Waals surface area contributed by atoms with E-state index in [1.165, 1.54) is 7.05 Å². The average Bonchev–Trinajstić information content (AvgIpc) is 1.84. The van der Waals surface area contributed by atoms with Crippen LogP contribution in [-0.2, 0) is 10.0 Å². The first kappa shape index (κ1) is 8.65. The highest BCUT2D eigenvalue weighted by molar-refractivity contribution is 7.89. The molecule has 54 valence electrons. The quantitative estimate of drug-likeness (QED) is 0.577. The second-order valence-electron chi connectivity index (χ2n) is 1.60. The minimum absolute atomic E-state index is 0.132. The summed E-state index contributed by atoms with van der Waals surface area (Å²) in [5.41, 5.74) is 0. The molecule has 0 aliphatic carbocycles. The Morgan fingerprint density at radius 3 is 2.56 bits per heavy atom. The number of allylic oxidation sites excluding steroid dienone is 1. The Hall–Kier alpha value is -0.350.